The van der Waals surface area contributed by atoms with Gasteiger partial charge in [-0.1, -0.05) is 27.7 Å². The number of hydrogen-bond donors (Lipinski definition) is 1. The zero-order chi connectivity index (χ0) is 10.5. The maximum absolute atomic E-state index is 3.99. The van der Waals surface area contributed by atoms with Crippen LogP contribution >= 0.6 is 0 Å². The number of nitrogens with zero attached hydrogens (tertiary/aromatic N) is 2. The number of hydrogen-bond acceptors (Lipinski definition) is 3. The van der Waals surface area contributed by atoms with Crippen LogP contribution in [0.2, 0.25) is 0 Å². The summed E-state index contributed by atoms with van der Waals surface area (Å²) >= 11 is 0. The third-order valence-electron chi connectivity index (χ3n) is 0.954. The van der Waals surface area contributed by atoms with Crippen LogP contribution in [0.3, 0.4) is 0 Å². The fourth-order valence-corrected chi connectivity index (χ4v) is 0.579. The molecule has 0 aliphatic heterocycles. The molecule has 0 amide bonds. The molecule has 0 radical (unpaired) electrons. The summed E-state index contributed by atoms with van der Waals surface area (Å²) < 4.78 is 0. The van der Waals surface area contributed by atoms with Crippen LogP contribution in [0.4, 0.5) is 0 Å². The van der Waals surface area contributed by atoms with Crippen molar-refractivity contribution in [1.82, 2.24) is 15.3 Å². The van der Waals surface area contributed by atoms with Crippen molar-refractivity contribution in [2.24, 2.45) is 0 Å². The molecule has 3 nitrogen and oxygen atoms in total. The van der Waals surface area contributed by atoms with Crippen LogP contribution in [0.1, 0.15) is 33.5 Å². The zero-order valence-electron chi connectivity index (χ0n) is 9.33. The number of aromatic nitrogens is 2. The van der Waals surface area contributed by atoms with Gasteiger partial charge >= 0.3 is 0 Å². The highest BCUT2D eigenvalue weighted by Crippen LogP contribution is 1.83. The highest BCUT2D eigenvalue weighted by Gasteiger charge is 1.87. The summed E-state index contributed by atoms with van der Waals surface area (Å²) in [5, 5.41) is 2.96. The molecule has 76 valence electrons. The van der Waals surface area contributed by atoms with E-state index in [1.165, 1.54) is 0 Å². The largest absolute Gasteiger partial charge is 0.313 e. The van der Waals surface area contributed by atoms with Crippen molar-refractivity contribution in [3.05, 3.63) is 24.3 Å². The summed E-state index contributed by atoms with van der Waals surface area (Å²) in [4.78, 5) is 7.99. The Morgan fingerprint density at radius 1 is 1.08 bits per heavy atom. The maximum atomic E-state index is 3.99. The van der Waals surface area contributed by atoms with Crippen molar-refractivity contribution in [1.29, 1.82) is 0 Å². The average molecular weight is 183 g/mol. The van der Waals surface area contributed by atoms with Crippen LogP contribution < -0.4 is 5.32 Å². The van der Waals surface area contributed by atoms with Crippen LogP contribution in [-0.2, 0) is 6.54 Å². The van der Waals surface area contributed by atoms with E-state index in [0.717, 1.165) is 12.4 Å². The lowest BCUT2D eigenvalue weighted by atomic mass is 10.5. The molecule has 1 aromatic heterocycles. The normalized spacial score (nSPS) is 7.46. The summed E-state index contributed by atoms with van der Waals surface area (Å²) in [6.07, 6.45) is 3.47. The topological polar surface area (TPSA) is 37.8 Å². The molecule has 0 aromatic carbocycles. The second kappa shape index (κ2) is 13.6. The molecule has 0 aliphatic rings. The van der Waals surface area contributed by atoms with Gasteiger partial charge in [-0.3, -0.25) is 0 Å². The van der Waals surface area contributed by atoms with Crippen LogP contribution in [0, 0.1) is 0 Å². The molecule has 1 N–H and O–H groups in total. The van der Waals surface area contributed by atoms with E-state index in [9.17, 15) is 0 Å². The lowest BCUT2D eigenvalue weighted by Crippen LogP contribution is -2.07. The van der Waals surface area contributed by atoms with Gasteiger partial charge in [0, 0.05) is 12.4 Å². The Morgan fingerprint density at radius 2 is 1.54 bits per heavy atom. The molecule has 0 saturated heterocycles. The van der Waals surface area contributed by atoms with E-state index in [-0.39, 0.29) is 0 Å². The highest BCUT2D eigenvalue weighted by molar-refractivity contribution is 4.87. The van der Waals surface area contributed by atoms with Gasteiger partial charge in [0.1, 0.15) is 5.82 Å². The molecule has 0 saturated carbocycles. The first-order valence-corrected chi connectivity index (χ1v) is 4.84. The zero-order valence-corrected chi connectivity index (χ0v) is 9.33. The predicted molar refractivity (Wildman–Crippen MR) is 57.5 cm³/mol. The van der Waals surface area contributed by atoms with Gasteiger partial charge in [0.25, 0.3) is 0 Å². The third-order valence-corrected chi connectivity index (χ3v) is 0.954. The van der Waals surface area contributed by atoms with E-state index in [1.807, 2.05) is 34.7 Å². The lowest BCUT2D eigenvalue weighted by molar-refractivity contribution is 0.758. The number of rotatable bonds is 2. The molecule has 1 heterocycles. The smallest absolute Gasteiger partial charge is 0.141 e. The quantitative estimate of drug-likeness (QED) is 0.764. The van der Waals surface area contributed by atoms with Crippen molar-refractivity contribution in [3.63, 3.8) is 0 Å². The Bertz CT molecular complexity index is 163. The van der Waals surface area contributed by atoms with Crippen molar-refractivity contribution in [2.75, 3.05) is 7.05 Å². The Hall–Kier alpha value is -0.960. The Labute approximate surface area is 81.6 Å². The first-order chi connectivity index (χ1) is 6.43. The molecular weight excluding hydrogens is 162 g/mol. The fraction of sp³-hybridized carbons (Fsp3) is 0.600. The van der Waals surface area contributed by atoms with Gasteiger partial charge in [-0.15, -0.1) is 0 Å². The molecule has 0 aliphatic carbocycles. The summed E-state index contributed by atoms with van der Waals surface area (Å²) in [5.74, 6) is 0.833. The van der Waals surface area contributed by atoms with E-state index in [4.69, 9.17) is 0 Å². The van der Waals surface area contributed by atoms with Crippen molar-refractivity contribution < 1.29 is 0 Å². The fourth-order valence-electron chi connectivity index (χ4n) is 0.579. The van der Waals surface area contributed by atoms with Crippen LogP contribution in [0.15, 0.2) is 18.5 Å². The molecule has 1 aromatic rings. The monoisotopic (exact) mass is 183 g/mol. The Balaban J connectivity index is 0. The van der Waals surface area contributed by atoms with Gasteiger partial charge in [-0.25, -0.2) is 9.97 Å². The highest BCUT2D eigenvalue weighted by atomic mass is 14.9. The van der Waals surface area contributed by atoms with E-state index >= 15 is 0 Å². The van der Waals surface area contributed by atoms with E-state index in [2.05, 4.69) is 15.3 Å². The lowest BCUT2D eigenvalue weighted by Gasteiger charge is -1.93. The molecule has 0 fully saturated rings. The minimum absolute atomic E-state index is 0.737. The number of nitrogens with one attached hydrogen (secondary N) is 1. The third kappa shape index (κ3) is 8.95. The van der Waals surface area contributed by atoms with Crippen molar-refractivity contribution in [3.8, 4) is 0 Å². The van der Waals surface area contributed by atoms with Gasteiger partial charge in [-0.2, -0.15) is 0 Å². The van der Waals surface area contributed by atoms with Gasteiger partial charge in [-0.05, 0) is 13.1 Å². The van der Waals surface area contributed by atoms with Crippen LogP contribution in [0.5, 0.6) is 0 Å². The average Bonchev–Trinajstić information content (AvgIpc) is 2.26. The van der Waals surface area contributed by atoms with Gasteiger partial charge < -0.3 is 5.32 Å². The molecule has 13 heavy (non-hydrogen) atoms. The Kier molecular flexibility index (Phi) is 15.2. The van der Waals surface area contributed by atoms with Gasteiger partial charge in [0.05, 0.1) is 6.54 Å². The molecule has 0 bridgehead atoms. The SMILES string of the molecule is CC.CC.CNCc1ncccn1. The Morgan fingerprint density at radius 3 is 1.92 bits per heavy atom. The summed E-state index contributed by atoms with van der Waals surface area (Å²) in [7, 11) is 1.87. The first-order valence-electron chi connectivity index (χ1n) is 4.84. The minimum Gasteiger partial charge on any atom is -0.313 e. The molecule has 0 spiro atoms. The molecule has 1 rings (SSSR count). The summed E-state index contributed by atoms with van der Waals surface area (Å²) in [6, 6.07) is 1.80. The predicted octanol–water partition coefficient (Wildman–Crippen LogP) is 2.25. The van der Waals surface area contributed by atoms with Crippen molar-refractivity contribution >= 4 is 0 Å². The first kappa shape index (κ1) is 14.6. The second-order valence-corrected chi connectivity index (χ2v) is 1.70. The van der Waals surface area contributed by atoms with E-state index < -0.39 is 0 Å². The van der Waals surface area contributed by atoms with Gasteiger partial charge in [0.2, 0.25) is 0 Å². The van der Waals surface area contributed by atoms with E-state index in [1.54, 1.807) is 18.5 Å². The summed E-state index contributed by atoms with van der Waals surface area (Å²) in [6.45, 7) is 8.74. The van der Waals surface area contributed by atoms with Gasteiger partial charge in [0.15, 0.2) is 0 Å². The maximum Gasteiger partial charge on any atom is 0.141 e. The molecule has 0 atom stereocenters. The summed E-state index contributed by atoms with van der Waals surface area (Å²) in [5.41, 5.74) is 0. The molecular formula is C10H21N3. The van der Waals surface area contributed by atoms with E-state index in [0.29, 0.717) is 0 Å². The molecule has 3 heteroatoms. The van der Waals surface area contributed by atoms with Crippen molar-refractivity contribution in [2.45, 2.75) is 34.2 Å². The van der Waals surface area contributed by atoms with Crippen LogP contribution in [-0.4, -0.2) is 17.0 Å². The minimum atomic E-state index is 0.737. The molecule has 0 unspecified atom stereocenters. The van der Waals surface area contributed by atoms with Crippen LogP contribution in [0.25, 0.3) is 0 Å². The second-order valence-electron chi connectivity index (χ2n) is 1.70. The standard InChI is InChI=1S/C6H9N3.2C2H6/c1-7-5-6-8-3-2-4-9-6;2*1-2/h2-4,7H,5H2,1H3;2*1-2H3.